The van der Waals surface area contributed by atoms with Gasteiger partial charge in [0.2, 0.25) is 0 Å². The van der Waals surface area contributed by atoms with E-state index in [1.165, 1.54) is 22.6 Å². The minimum Gasteiger partial charge on any atom is -0.351 e. The molecule has 0 unspecified atom stereocenters. The van der Waals surface area contributed by atoms with E-state index in [1.54, 1.807) is 0 Å². The van der Waals surface area contributed by atoms with E-state index in [0.29, 0.717) is 11.9 Å². The number of rotatable bonds is 0. The first-order chi connectivity index (χ1) is 3.63. The maximum atomic E-state index is 10.0. The SMILES string of the molecule is NC(=O)NSC(=O)I. The van der Waals surface area contributed by atoms with Gasteiger partial charge < -0.3 is 5.73 Å². The molecule has 0 bridgehead atoms. The summed E-state index contributed by atoms with van der Waals surface area (Å²) in [7, 11) is 0. The van der Waals surface area contributed by atoms with Crippen molar-refractivity contribution < 1.29 is 9.59 Å². The summed E-state index contributed by atoms with van der Waals surface area (Å²) < 4.78 is 1.82. The van der Waals surface area contributed by atoms with Gasteiger partial charge in [0, 0.05) is 34.5 Å². The van der Waals surface area contributed by atoms with Crippen molar-refractivity contribution in [3.05, 3.63) is 0 Å². The highest BCUT2D eigenvalue weighted by atomic mass is 127. The Bertz CT molecular complexity index is 103. The summed E-state index contributed by atoms with van der Waals surface area (Å²) in [6.45, 7) is 0. The van der Waals surface area contributed by atoms with Crippen molar-refractivity contribution in [1.82, 2.24) is 4.72 Å². The molecule has 0 radical (unpaired) electrons. The van der Waals surface area contributed by atoms with Gasteiger partial charge in [-0.3, -0.25) is 9.52 Å². The molecule has 0 aromatic heterocycles. The summed E-state index contributed by atoms with van der Waals surface area (Å²) >= 11 is 2.19. The maximum absolute atomic E-state index is 10.0. The topological polar surface area (TPSA) is 72.2 Å². The molecule has 0 aromatic carbocycles. The molecule has 3 N–H and O–H groups in total. The van der Waals surface area contributed by atoms with E-state index >= 15 is 0 Å². The van der Waals surface area contributed by atoms with Crippen LogP contribution in [0.2, 0.25) is 0 Å². The predicted molar refractivity (Wildman–Crippen MR) is 39.7 cm³/mol. The molecule has 0 spiro atoms. The zero-order chi connectivity index (χ0) is 6.57. The van der Waals surface area contributed by atoms with E-state index in [2.05, 4.69) is 5.73 Å². The van der Waals surface area contributed by atoms with Crippen molar-refractivity contribution in [2.24, 2.45) is 5.73 Å². The average Bonchev–Trinajstić information content (AvgIpc) is 1.61. The molecule has 46 valence electrons. The number of carbonyl (C=O) groups excluding carboxylic acids is 2. The zero-order valence-corrected chi connectivity index (χ0v) is 6.65. The third kappa shape index (κ3) is 6.02. The number of hydrogen-bond donors (Lipinski definition) is 2. The van der Waals surface area contributed by atoms with Crippen molar-refractivity contribution in [3.63, 3.8) is 0 Å². The molecular formula is C2H3IN2O2S. The third-order valence-electron chi connectivity index (χ3n) is 0.232. The molecule has 0 aliphatic heterocycles. The smallest absolute Gasteiger partial charge is 0.322 e. The molecule has 0 heterocycles. The second-order valence-electron chi connectivity index (χ2n) is 0.806. The number of nitrogens with two attached hydrogens (primary N) is 1. The summed E-state index contributed by atoms with van der Waals surface area (Å²) in [5, 5.41) is 0. The van der Waals surface area contributed by atoms with Crippen molar-refractivity contribution in [2.75, 3.05) is 0 Å². The van der Waals surface area contributed by atoms with Crippen LogP contribution >= 0.6 is 34.5 Å². The Morgan fingerprint density at radius 1 is 1.62 bits per heavy atom. The number of amides is 2. The largest absolute Gasteiger partial charge is 0.351 e. The summed E-state index contributed by atoms with van der Waals surface area (Å²) in [6.07, 6.45) is 0. The fourth-order valence-electron chi connectivity index (χ4n) is 0.0904. The first-order valence-electron chi connectivity index (χ1n) is 1.54. The molecule has 0 saturated heterocycles. The first-order valence-corrected chi connectivity index (χ1v) is 3.44. The number of hydrogen-bond acceptors (Lipinski definition) is 3. The first kappa shape index (κ1) is 8.02. The molecule has 0 aliphatic rings. The van der Waals surface area contributed by atoms with Gasteiger partial charge in [0.15, 0.2) is 0 Å². The fraction of sp³-hybridized carbons (Fsp3) is 0. The third-order valence-corrected chi connectivity index (χ3v) is 1.36. The van der Waals surface area contributed by atoms with E-state index in [-0.39, 0.29) is 3.12 Å². The van der Waals surface area contributed by atoms with E-state index in [9.17, 15) is 9.59 Å². The van der Waals surface area contributed by atoms with Gasteiger partial charge in [-0.25, -0.2) is 4.79 Å². The number of nitrogens with one attached hydrogen (secondary N) is 1. The van der Waals surface area contributed by atoms with Crippen LogP contribution in [0.3, 0.4) is 0 Å². The lowest BCUT2D eigenvalue weighted by Gasteiger charge is -1.90. The minimum absolute atomic E-state index is 0.221. The normalized spacial score (nSPS) is 8.12. The maximum Gasteiger partial charge on any atom is 0.322 e. The minimum atomic E-state index is -0.708. The number of urea groups is 1. The lowest BCUT2D eigenvalue weighted by Crippen LogP contribution is -2.23. The Labute approximate surface area is 63.8 Å². The van der Waals surface area contributed by atoms with Crippen LogP contribution in [0.15, 0.2) is 0 Å². The highest BCUT2D eigenvalue weighted by molar-refractivity contribution is 14.1. The zero-order valence-electron chi connectivity index (χ0n) is 3.68. The van der Waals surface area contributed by atoms with Gasteiger partial charge in [0.05, 0.1) is 0 Å². The summed E-state index contributed by atoms with van der Waals surface area (Å²) in [4.78, 5) is 19.9. The van der Waals surface area contributed by atoms with Gasteiger partial charge in [-0.1, -0.05) is 0 Å². The molecule has 4 nitrogen and oxygen atoms in total. The van der Waals surface area contributed by atoms with Crippen LogP contribution in [0.25, 0.3) is 0 Å². The van der Waals surface area contributed by atoms with Crippen LogP contribution in [0.5, 0.6) is 0 Å². The fourth-order valence-corrected chi connectivity index (χ4v) is 0.602. The lowest BCUT2D eigenvalue weighted by atomic mass is 11.2. The van der Waals surface area contributed by atoms with E-state index < -0.39 is 6.03 Å². The van der Waals surface area contributed by atoms with E-state index in [4.69, 9.17) is 0 Å². The van der Waals surface area contributed by atoms with Gasteiger partial charge >= 0.3 is 6.03 Å². The lowest BCUT2D eigenvalue weighted by molar-refractivity contribution is 0.254. The van der Waals surface area contributed by atoms with E-state index in [0.717, 1.165) is 0 Å². The van der Waals surface area contributed by atoms with Crippen LogP contribution in [0.1, 0.15) is 0 Å². The van der Waals surface area contributed by atoms with Crippen molar-refractivity contribution >= 4 is 43.7 Å². The molecule has 0 atom stereocenters. The molecule has 0 saturated carbocycles. The Kier molecular flexibility index (Phi) is 3.97. The monoisotopic (exact) mass is 246 g/mol. The van der Waals surface area contributed by atoms with Gasteiger partial charge in [-0.15, -0.1) is 0 Å². The van der Waals surface area contributed by atoms with Crippen LogP contribution in [0.4, 0.5) is 9.59 Å². The van der Waals surface area contributed by atoms with Gasteiger partial charge in [0.25, 0.3) is 3.12 Å². The molecule has 0 fully saturated rings. The Morgan fingerprint density at radius 3 is 2.25 bits per heavy atom. The van der Waals surface area contributed by atoms with Crippen LogP contribution in [-0.2, 0) is 0 Å². The van der Waals surface area contributed by atoms with Crippen LogP contribution in [0, 0.1) is 0 Å². The number of primary amides is 1. The van der Waals surface area contributed by atoms with Gasteiger partial charge in [-0.05, 0) is 0 Å². The summed E-state index contributed by atoms with van der Waals surface area (Å²) in [5.74, 6) is 0. The molecule has 0 aliphatic carbocycles. The van der Waals surface area contributed by atoms with Gasteiger partial charge in [-0.2, -0.15) is 0 Å². The van der Waals surface area contributed by atoms with Crippen LogP contribution in [-0.4, -0.2) is 9.15 Å². The second-order valence-corrected chi connectivity index (χ2v) is 3.30. The van der Waals surface area contributed by atoms with Crippen LogP contribution < -0.4 is 10.5 Å². The average molecular weight is 246 g/mol. The summed E-state index contributed by atoms with van der Waals surface area (Å²) in [6, 6.07) is -0.708. The second kappa shape index (κ2) is 3.96. The van der Waals surface area contributed by atoms with E-state index in [1.807, 2.05) is 4.72 Å². The molecule has 0 rings (SSSR count). The Morgan fingerprint density at radius 2 is 2.12 bits per heavy atom. The Hall–Kier alpha value is 0.0200. The van der Waals surface area contributed by atoms with Crippen molar-refractivity contribution in [1.29, 1.82) is 0 Å². The molecule has 0 aromatic rings. The number of halogens is 1. The highest BCUT2D eigenvalue weighted by Crippen LogP contribution is 2.03. The van der Waals surface area contributed by atoms with Gasteiger partial charge in [0.1, 0.15) is 0 Å². The predicted octanol–water partition coefficient (Wildman–Crippen LogP) is 0.858. The molecule has 6 heteroatoms. The number of carbonyl (C=O) groups is 2. The highest BCUT2D eigenvalue weighted by Gasteiger charge is 1.95. The molecule has 2 amide bonds. The van der Waals surface area contributed by atoms with Crippen molar-refractivity contribution in [3.8, 4) is 0 Å². The summed E-state index contributed by atoms with van der Waals surface area (Å²) in [5.41, 5.74) is 4.61. The Balaban J connectivity index is 3.18. The molecule has 8 heavy (non-hydrogen) atoms. The van der Waals surface area contributed by atoms with Crippen molar-refractivity contribution in [2.45, 2.75) is 0 Å². The standard InChI is InChI=1S/C2H3IN2O2S/c3-1(6)8-5-2(4)7/h(H3,4,5,7). The molecular weight excluding hydrogens is 243 g/mol. The quantitative estimate of drug-likeness (QED) is 0.378.